The van der Waals surface area contributed by atoms with E-state index in [9.17, 15) is 9.18 Å². The summed E-state index contributed by atoms with van der Waals surface area (Å²) in [5.74, 6) is -0.130. The van der Waals surface area contributed by atoms with Crippen LogP contribution in [0.4, 0.5) is 4.39 Å². The molecule has 4 heteroatoms. The molecule has 20 heavy (non-hydrogen) atoms. The predicted molar refractivity (Wildman–Crippen MR) is 72.5 cm³/mol. The minimum absolute atomic E-state index is 0.254. The van der Waals surface area contributed by atoms with Crippen LogP contribution < -0.4 is 4.74 Å². The first-order valence-electron chi connectivity index (χ1n) is 6.65. The van der Waals surface area contributed by atoms with Gasteiger partial charge in [0, 0.05) is 18.0 Å². The van der Waals surface area contributed by atoms with Crippen molar-refractivity contribution < 1.29 is 13.9 Å². The molecule has 1 aliphatic heterocycles. The van der Waals surface area contributed by atoms with Crippen molar-refractivity contribution >= 4 is 5.78 Å². The summed E-state index contributed by atoms with van der Waals surface area (Å²) in [6.45, 7) is 0.561. The molecule has 0 saturated carbocycles. The number of ether oxygens (including phenoxy) is 1. The van der Waals surface area contributed by atoms with E-state index in [0.717, 1.165) is 24.8 Å². The summed E-state index contributed by atoms with van der Waals surface area (Å²) < 4.78 is 19.4. The fourth-order valence-corrected chi connectivity index (χ4v) is 2.42. The van der Waals surface area contributed by atoms with Crippen LogP contribution in [0.5, 0.6) is 5.75 Å². The molecule has 0 aliphatic carbocycles. The lowest BCUT2D eigenvalue weighted by Crippen LogP contribution is -2.08. The van der Waals surface area contributed by atoms with E-state index in [2.05, 4.69) is 4.98 Å². The highest BCUT2D eigenvalue weighted by atomic mass is 19.1. The molecule has 0 spiro atoms. The molecule has 0 amide bonds. The van der Waals surface area contributed by atoms with E-state index in [1.807, 2.05) is 0 Å². The lowest BCUT2D eigenvalue weighted by atomic mass is 9.98. The molecule has 0 fully saturated rings. The summed E-state index contributed by atoms with van der Waals surface area (Å²) in [6, 6.07) is 6.07. The normalized spacial score (nSPS) is 14.1. The predicted octanol–water partition coefficient (Wildman–Crippen LogP) is 3.17. The molecule has 0 saturated heterocycles. The molecule has 3 rings (SSSR count). The minimum atomic E-state index is -0.401. The molecule has 0 bridgehead atoms. The highest BCUT2D eigenvalue weighted by Crippen LogP contribution is 2.31. The average Bonchev–Trinajstić information content (AvgIpc) is 2.71. The van der Waals surface area contributed by atoms with E-state index < -0.39 is 5.82 Å². The zero-order valence-electron chi connectivity index (χ0n) is 10.9. The molecular weight excluding hydrogens is 257 g/mol. The van der Waals surface area contributed by atoms with Gasteiger partial charge in [-0.3, -0.25) is 9.78 Å². The summed E-state index contributed by atoms with van der Waals surface area (Å²) in [4.78, 5) is 16.4. The summed E-state index contributed by atoms with van der Waals surface area (Å²) in [7, 11) is 0. The molecule has 1 aliphatic rings. The first-order chi connectivity index (χ1) is 9.75. The topological polar surface area (TPSA) is 39.2 Å². The first kappa shape index (κ1) is 12.8. The van der Waals surface area contributed by atoms with Gasteiger partial charge in [-0.25, -0.2) is 4.39 Å². The second-order valence-electron chi connectivity index (χ2n) is 4.82. The zero-order chi connectivity index (χ0) is 13.9. The van der Waals surface area contributed by atoms with Crippen molar-refractivity contribution in [2.75, 3.05) is 6.61 Å². The average molecular weight is 271 g/mol. The Bertz CT molecular complexity index is 640. The van der Waals surface area contributed by atoms with Crippen LogP contribution in [0.2, 0.25) is 0 Å². The maximum Gasteiger partial charge on any atom is 0.198 e. The lowest BCUT2D eigenvalue weighted by Gasteiger charge is -2.12. The molecule has 1 aromatic heterocycles. The van der Waals surface area contributed by atoms with Gasteiger partial charge in [-0.1, -0.05) is 0 Å². The maximum atomic E-state index is 13.7. The van der Waals surface area contributed by atoms with E-state index in [1.54, 1.807) is 18.3 Å². The Morgan fingerprint density at radius 1 is 1.30 bits per heavy atom. The van der Waals surface area contributed by atoms with Crippen LogP contribution in [0, 0.1) is 5.82 Å². The molecule has 0 N–H and O–H groups in total. The summed E-state index contributed by atoms with van der Waals surface area (Å²) in [6.07, 6.45) is 5.67. The number of ketones is 1. The smallest absolute Gasteiger partial charge is 0.198 e. The monoisotopic (exact) mass is 271 g/mol. The Balaban J connectivity index is 2.09. The minimum Gasteiger partial charge on any atom is -0.493 e. The van der Waals surface area contributed by atoms with Crippen LogP contribution in [0.1, 0.15) is 34.3 Å². The molecule has 102 valence electrons. The summed E-state index contributed by atoms with van der Waals surface area (Å²) >= 11 is 0. The quantitative estimate of drug-likeness (QED) is 0.787. The van der Waals surface area contributed by atoms with Gasteiger partial charge in [0.1, 0.15) is 11.6 Å². The van der Waals surface area contributed by atoms with Gasteiger partial charge in [0.15, 0.2) is 5.78 Å². The highest BCUT2D eigenvalue weighted by molar-refractivity contribution is 6.10. The van der Waals surface area contributed by atoms with E-state index in [0.29, 0.717) is 17.9 Å². The number of benzene rings is 1. The van der Waals surface area contributed by atoms with Crippen molar-refractivity contribution in [3.05, 3.63) is 59.2 Å². The van der Waals surface area contributed by atoms with Crippen LogP contribution in [0.15, 0.2) is 36.7 Å². The van der Waals surface area contributed by atoms with Crippen molar-refractivity contribution in [3.8, 4) is 5.75 Å². The van der Waals surface area contributed by atoms with E-state index in [-0.39, 0.29) is 11.3 Å². The Hall–Kier alpha value is -2.23. The van der Waals surface area contributed by atoms with Crippen molar-refractivity contribution in [2.45, 2.75) is 19.3 Å². The number of nitrogens with zero attached hydrogens (tertiary/aromatic N) is 1. The lowest BCUT2D eigenvalue weighted by molar-refractivity contribution is 0.103. The third-order valence-electron chi connectivity index (χ3n) is 3.39. The zero-order valence-corrected chi connectivity index (χ0v) is 10.9. The largest absolute Gasteiger partial charge is 0.493 e. The van der Waals surface area contributed by atoms with Gasteiger partial charge >= 0.3 is 0 Å². The van der Waals surface area contributed by atoms with Gasteiger partial charge < -0.3 is 4.74 Å². The fraction of sp³-hybridized carbons (Fsp3) is 0.250. The van der Waals surface area contributed by atoms with Gasteiger partial charge in [0.05, 0.1) is 12.2 Å². The summed E-state index contributed by atoms with van der Waals surface area (Å²) in [5, 5.41) is 0. The van der Waals surface area contributed by atoms with Crippen LogP contribution in [0.25, 0.3) is 0 Å². The van der Waals surface area contributed by atoms with E-state index >= 15 is 0 Å². The van der Waals surface area contributed by atoms with E-state index in [1.165, 1.54) is 18.3 Å². The molecule has 0 unspecified atom stereocenters. The molecular formula is C16H14FNO2. The van der Waals surface area contributed by atoms with Crippen LogP contribution in [-0.2, 0) is 6.42 Å². The maximum absolute atomic E-state index is 13.7. The number of carbonyl (C=O) groups is 1. The second-order valence-corrected chi connectivity index (χ2v) is 4.82. The Labute approximate surface area is 116 Å². The van der Waals surface area contributed by atoms with Crippen LogP contribution in [0.3, 0.4) is 0 Å². The third kappa shape index (κ3) is 2.41. The van der Waals surface area contributed by atoms with Crippen molar-refractivity contribution in [3.63, 3.8) is 0 Å². The number of aromatic nitrogens is 1. The number of rotatable bonds is 2. The van der Waals surface area contributed by atoms with Crippen LogP contribution >= 0.6 is 0 Å². The van der Waals surface area contributed by atoms with Gasteiger partial charge in [0.25, 0.3) is 0 Å². The van der Waals surface area contributed by atoms with Crippen molar-refractivity contribution in [1.29, 1.82) is 0 Å². The molecule has 0 radical (unpaired) electrons. The number of fused-ring (bicyclic) bond motifs is 1. The third-order valence-corrected chi connectivity index (χ3v) is 3.39. The number of hydrogen-bond acceptors (Lipinski definition) is 3. The first-order valence-corrected chi connectivity index (χ1v) is 6.65. The number of halogens is 1. The summed E-state index contributed by atoms with van der Waals surface area (Å²) in [5.41, 5.74) is 1.50. The van der Waals surface area contributed by atoms with Gasteiger partial charge in [-0.15, -0.1) is 0 Å². The number of aryl methyl sites for hydroxylation is 1. The fourth-order valence-electron chi connectivity index (χ4n) is 2.42. The second kappa shape index (κ2) is 5.41. The highest BCUT2D eigenvalue weighted by Gasteiger charge is 2.21. The molecule has 1 aromatic carbocycles. The molecule has 2 heterocycles. The SMILES string of the molecule is O=C(c1cccnc1)c1cc(F)cc2c1OCCCC2. The standard InChI is InChI=1S/C16H14FNO2/c17-13-8-11-4-1-2-7-20-16(11)14(9-13)15(19)12-5-3-6-18-10-12/h3,5-6,8-10H,1-2,4,7H2. The molecule has 0 atom stereocenters. The van der Waals surface area contributed by atoms with Gasteiger partial charge in [0.2, 0.25) is 0 Å². The molecule has 2 aromatic rings. The van der Waals surface area contributed by atoms with Crippen LogP contribution in [-0.4, -0.2) is 17.4 Å². The Kier molecular flexibility index (Phi) is 3.46. The molecule has 3 nitrogen and oxygen atoms in total. The van der Waals surface area contributed by atoms with Gasteiger partial charge in [-0.2, -0.15) is 0 Å². The van der Waals surface area contributed by atoms with Crippen molar-refractivity contribution in [2.24, 2.45) is 0 Å². The number of hydrogen-bond donors (Lipinski definition) is 0. The van der Waals surface area contributed by atoms with E-state index in [4.69, 9.17) is 4.74 Å². The van der Waals surface area contributed by atoms with Crippen molar-refractivity contribution in [1.82, 2.24) is 4.98 Å². The number of carbonyl (C=O) groups excluding carboxylic acids is 1. The Morgan fingerprint density at radius 2 is 2.20 bits per heavy atom. The number of pyridine rings is 1. The van der Waals surface area contributed by atoms with Gasteiger partial charge in [-0.05, 0) is 49.1 Å². The Morgan fingerprint density at radius 3 is 3.00 bits per heavy atom.